The van der Waals surface area contributed by atoms with Gasteiger partial charge in [-0.3, -0.25) is 0 Å². The van der Waals surface area contributed by atoms with E-state index in [0.29, 0.717) is 13.1 Å². The summed E-state index contributed by atoms with van der Waals surface area (Å²) in [7, 11) is 1.73. The summed E-state index contributed by atoms with van der Waals surface area (Å²) in [6, 6.07) is 0. The second-order valence-electron chi connectivity index (χ2n) is 6.40. The predicted molar refractivity (Wildman–Crippen MR) is 67.0 cm³/mol. The maximum Gasteiger partial charge on any atom is 0.410 e. The average Bonchev–Trinajstić information content (AvgIpc) is 2.13. The standard InChI is InChI=1S/C13H25NO3/c1-12(2,3)17-11(15)14-8-7-10(16-6)13(4,5)9-14/h10H,7-9H2,1-6H3/t10-/m1/s1. The molecule has 0 aromatic rings. The van der Waals surface area contributed by atoms with Crippen LogP contribution in [-0.2, 0) is 9.47 Å². The molecule has 1 rings (SSSR count). The van der Waals surface area contributed by atoms with Gasteiger partial charge in [0.15, 0.2) is 0 Å². The molecule has 1 heterocycles. The molecule has 0 saturated carbocycles. The highest BCUT2D eigenvalue weighted by molar-refractivity contribution is 5.68. The average molecular weight is 243 g/mol. The Morgan fingerprint density at radius 1 is 1.35 bits per heavy atom. The molecule has 1 aliphatic heterocycles. The molecule has 17 heavy (non-hydrogen) atoms. The van der Waals surface area contributed by atoms with Gasteiger partial charge < -0.3 is 14.4 Å². The molecule has 0 aliphatic carbocycles. The number of nitrogens with zero attached hydrogens (tertiary/aromatic N) is 1. The quantitative estimate of drug-likeness (QED) is 0.710. The Labute approximate surface area is 104 Å². The number of piperidine rings is 1. The van der Waals surface area contributed by atoms with Crippen molar-refractivity contribution < 1.29 is 14.3 Å². The highest BCUT2D eigenvalue weighted by Gasteiger charge is 2.38. The Morgan fingerprint density at radius 3 is 2.35 bits per heavy atom. The van der Waals surface area contributed by atoms with Gasteiger partial charge in [-0.25, -0.2) is 4.79 Å². The van der Waals surface area contributed by atoms with E-state index in [0.717, 1.165) is 6.42 Å². The molecular weight excluding hydrogens is 218 g/mol. The fourth-order valence-corrected chi connectivity index (χ4v) is 2.26. The molecular formula is C13H25NO3. The molecule has 0 spiro atoms. The third-order valence-corrected chi connectivity index (χ3v) is 3.07. The van der Waals surface area contributed by atoms with E-state index in [1.165, 1.54) is 0 Å². The van der Waals surface area contributed by atoms with Gasteiger partial charge in [0.05, 0.1) is 6.10 Å². The molecule has 0 radical (unpaired) electrons. The first kappa shape index (κ1) is 14.3. The minimum Gasteiger partial charge on any atom is -0.444 e. The molecule has 100 valence electrons. The number of hydrogen-bond acceptors (Lipinski definition) is 3. The van der Waals surface area contributed by atoms with E-state index in [9.17, 15) is 4.79 Å². The molecule has 0 aromatic carbocycles. The van der Waals surface area contributed by atoms with Gasteiger partial charge in [0.2, 0.25) is 0 Å². The minimum absolute atomic E-state index is 0.0239. The van der Waals surface area contributed by atoms with Gasteiger partial charge in [0.1, 0.15) is 5.60 Å². The van der Waals surface area contributed by atoms with Crippen molar-refractivity contribution in [2.24, 2.45) is 5.41 Å². The molecule has 1 atom stereocenters. The number of methoxy groups -OCH3 is 1. The lowest BCUT2D eigenvalue weighted by atomic mass is 9.81. The van der Waals surface area contributed by atoms with Crippen molar-refractivity contribution in [3.8, 4) is 0 Å². The van der Waals surface area contributed by atoms with Gasteiger partial charge in [-0.15, -0.1) is 0 Å². The smallest absolute Gasteiger partial charge is 0.410 e. The molecule has 0 bridgehead atoms. The van der Waals surface area contributed by atoms with E-state index in [1.807, 2.05) is 20.8 Å². The van der Waals surface area contributed by atoms with Crippen molar-refractivity contribution >= 4 is 6.09 Å². The fraction of sp³-hybridized carbons (Fsp3) is 0.923. The van der Waals surface area contributed by atoms with Crippen molar-refractivity contribution in [3.05, 3.63) is 0 Å². The van der Waals surface area contributed by atoms with E-state index in [1.54, 1.807) is 12.0 Å². The molecule has 0 unspecified atom stereocenters. The van der Waals surface area contributed by atoms with Gasteiger partial charge in [0.25, 0.3) is 0 Å². The van der Waals surface area contributed by atoms with Crippen LogP contribution < -0.4 is 0 Å². The van der Waals surface area contributed by atoms with E-state index in [4.69, 9.17) is 9.47 Å². The Morgan fingerprint density at radius 2 is 1.94 bits per heavy atom. The second-order valence-corrected chi connectivity index (χ2v) is 6.40. The lowest BCUT2D eigenvalue weighted by molar-refractivity contribution is -0.0571. The van der Waals surface area contributed by atoms with Crippen molar-refractivity contribution in [1.82, 2.24) is 4.90 Å². The number of rotatable bonds is 1. The number of hydrogen-bond donors (Lipinski definition) is 0. The van der Waals surface area contributed by atoms with E-state index < -0.39 is 5.60 Å². The highest BCUT2D eigenvalue weighted by Crippen LogP contribution is 2.31. The van der Waals surface area contributed by atoms with Gasteiger partial charge in [-0.1, -0.05) is 13.8 Å². The zero-order valence-corrected chi connectivity index (χ0v) is 11.9. The summed E-state index contributed by atoms with van der Waals surface area (Å²) in [6.07, 6.45) is 0.851. The molecule has 1 saturated heterocycles. The van der Waals surface area contributed by atoms with Crippen LogP contribution in [0.25, 0.3) is 0 Å². The van der Waals surface area contributed by atoms with E-state index in [2.05, 4.69) is 13.8 Å². The topological polar surface area (TPSA) is 38.8 Å². The summed E-state index contributed by atoms with van der Waals surface area (Å²) in [5, 5.41) is 0. The first-order chi connectivity index (χ1) is 7.65. The first-order valence-corrected chi connectivity index (χ1v) is 6.16. The van der Waals surface area contributed by atoms with Crippen LogP contribution in [0, 0.1) is 5.41 Å². The fourth-order valence-electron chi connectivity index (χ4n) is 2.26. The van der Waals surface area contributed by atoms with Crippen LogP contribution in [0.3, 0.4) is 0 Å². The van der Waals surface area contributed by atoms with Crippen molar-refractivity contribution in [2.75, 3.05) is 20.2 Å². The zero-order valence-electron chi connectivity index (χ0n) is 11.9. The Bertz CT molecular complexity index is 281. The lowest BCUT2D eigenvalue weighted by Gasteiger charge is -2.43. The van der Waals surface area contributed by atoms with Crippen molar-refractivity contribution in [3.63, 3.8) is 0 Å². The number of carbonyl (C=O) groups is 1. The number of amides is 1. The lowest BCUT2D eigenvalue weighted by Crippen LogP contribution is -2.52. The normalized spacial score (nSPS) is 24.6. The number of likely N-dealkylation sites (tertiary alicyclic amines) is 1. The van der Waals surface area contributed by atoms with Gasteiger partial charge in [0, 0.05) is 25.6 Å². The molecule has 4 nitrogen and oxygen atoms in total. The van der Waals surface area contributed by atoms with Crippen LogP contribution in [-0.4, -0.2) is 42.9 Å². The van der Waals surface area contributed by atoms with Gasteiger partial charge in [-0.05, 0) is 27.2 Å². The molecule has 1 fully saturated rings. The van der Waals surface area contributed by atoms with Gasteiger partial charge >= 0.3 is 6.09 Å². The van der Waals surface area contributed by atoms with Crippen LogP contribution in [0.15, 0.2) is 0 Å². The van der Waals surface area contributed by atoms with Crippen LogP contribution >= 0.6 is 0 Å². The first-order valence-electron chi connectivity index (χ1n) is 6.16. The SMILES string of the molecule is CO[C@@H]1CCN(C(=O)OC(C)(C)C)CC1(C)C. The largest absolute Gasteiger partial charge is 0.444 e. The third kappa shape index (κ3) is 3.87. The summed E-state index contributed by atoms with van der Waals surface area (Å²) in [5.74, 6) is 0. The van der Waals surface area contributed by atoms with E-state index in [-0.39, 0.29) is 17.6 Å². The number of carbonyl (C=O) groups excluding carboxylic acids is 1. The van der Waals surface area contributed by atoms with Crippen molar-refractivity contribution in [2.45, 2.75) is 52.7 Å². The third-order valence-electron chi connectivity index (χ3n) is 3.07. The Balaban J connectivity index is 2.62. The Kier molecular flexibility index (Phi) is 4.07. The molecule has 0 aromatic heterocycles. The predicted octanol–water partition coefficient (Wildman–Crippen LogP) is 2.67. The van der Waals surface area contributed by atoms with Crippen LogP contribution in [0.1, 0.15) is 41.0 Å². The maximum absolute atomic E-state index is 12.0. The summed E-state index contributed by atoms with van der Waals surface area (Å²) < 4.78 is 10.8. The summed E-state index contributed by atoms with van der Waals surface area (Å²) in [6.45, 7) is 11.3. The van der Waals surface area contributed by atoms with E-state index >= 15 is 0 Å². The zero-order chi connectivity index (χ0) is 13.3. The maximum atomic E-state index is 12.0. The minimum atomic E-state index is -0.431. The molecule has 1 aliphatic rings. The van der Waals surface area contributed by atoms with Crippen molar-refractivity contribution in [1.29, 1.82) is 0 Å². The van der Waals surface area contributed by atoms with Gasteiger partial charge in [-0.2, -0.15) is 0 Å². The number of ether oxygens (including phenoxy) is 2. The monoisotopic (exact) mass is 243 g/mol. The van der Waals surface area contributed by atoms with Crippen LogP contribution in [0.5, 0.6) is 0 Å². The summed E-state index contributed by atoms with van der Waals surface area (Å²) in [5.41, 5.74) is -0.455. The molecule has 1 amide bonds. The molecule has 0 N–H and O–H groups in total. The van der Waals surface area contributed by atoms with Crippen LogP contribution in [0.2, 0.25) is 0 Å². The molecule has 4 heteroatoms. The summed E-state index contributed by atoms with van der Waals surface area (Å²) in [4.78, 5) is 13.7. The second kappa shape index (κ2) is 4.84. The Hall–Kier alpha value is -0.770. The summed E-state index contributed by atoms with van der Waals surface area (Å²) >= 11 is 0. The van der Waals surface area contributed by atoms with Crippen LogP contribution in [0.4, 0.5) is 4.79 Å². The highest BCUT2D eigenvalue weighted by atomic mass is 16.6.